The van der Waals surface area contributed by atoms with Crippen LogP contribution in [-0.4, -0.2) is 37.3 Å². The van der Waals surface area contributed by atoms with Crippen molar-refractivity contribution in [2.75, 3.05) is 12.8 Å². The highest BCUT2D eigenvalue weighted by molar-refractivity contribution is 7.92. The van der Waals surface area contributed by atoms with Crippen LogP contribution in [0.3, 0.4) is 0 Å². The van der Waals surface area contributed by atoms with Crippen molar-refractivity contribution >= 4 is 27.1 Å². The number of sulfone groups is 1. The fourth-order valence-corrected chi connectivity index (χ4v) is 3.68. The summed E-state index contributed by atoms with van der Waals surface area (Å²) in [4.78, 5) is 11.8. The Kier molecular flexibility index (Phi) is 4.51. The largest absolute Gasteiger partial charge is 0.350 e. The number of nitrogens with zero attached hydrogens (tertiary/aromatic N) is 2. The molecule has 1 heterocycles. The van der Waals surface area contributed by atoms with Gasteiger partial charge in [0.05, 0.1) is 0 Å². The molecular weight excluding hydrogens is 286 g/mol. The summed E-state index contributed by atoms with van der Waals surface area (Å²) in [5.74, 6) is 0.193. The highest BCUT2D eigenvalue weighted by atomic mass is 32.2. The molecule has 0 aliphatic heterocycles. The van der Waals surface area contributed by atoms with Crippen LogP contribution in [0.1, 0.15) is 41.9 Å². The molecule has 1 aliphatic rings. The van der Waals surface area contributed by atoms with E-state index >= 15 is 0 Å². The first kappa shape index (κ1) is 14.4. The lowest BCUT2D eigenvalue weighted by Gasteiger charge is -2.21. The predicted molar refractivity (Wildman–Crippen MR) is 71.9 cm³/mol. The number of carbonyl (C=O) groups is 1. The second kappa shape index (κ2) is 5.96. The first-order chi connectivity index (χ1) is 8.97. The molecule has 0 atom stereocenters. The summed E-state index contributed by atoms with van der Waals surface area (Å²) in [5, 5.41) is 10.1. The first-order valence-corrected chi connectivity index (χ1v) is 8.99. The zero-order valence-electron chi connectivity index (χ0n) is 10.8. The third-order valence-corrected chi connectivity index (χ3v) is 5.78. The number of rotatable bonds is 4. The van der Waals surface area contributed by atoms with Gasteiger partial charge in [0.15, 0.2) is 0 Å². The normalized spacial score (nSPS) is 17.3. The molecule has 0 radical (unpaired) electrons. The van der Waals surface area contributed by atoms with Gasteiger partial charge >= 0.3 is 0 Å². The number of amides is 1. The number of aromatic nitrogens is 2. The molecule has 2 rings (SSSR count). The molecule has 1 amide bonds. The van der Waals surface area contributed by atoms with E-state index < -0.39 is 9.84 Å². The summed E-state index contributed by atoms with van der Waals surface area (Å²) in [6.07, 6.45) is 7.06. The SMILES string of the molecule is CS(=O)(=O)c1nnc(C(=O)NCC2CCCCC2)s1. The average Bonchev–Trinajstić information content (AvgIpc) is 2.87. The molecule has 0 aromatic carbocycles. The maximum atomic E-state index is 11.8. The van der Waals surface area contributed by atoms with E-state index in [1.54, 1.807) is 0 Å². The molecule has 0 bridgehead atoms. The van der Waals surface area contributed by atoms with Crippen LogP contribution in [-0.2, 0) is 9.84 Å². The smallest absolute Gasteiger partial charge is 0.282 e. The van der Waals surface area contributed by atoms with Crippen LogP contribution in [0.4, 0.5) is 0 Å². The molecule has 0 saturated heterocycles. The van der Waals surface area contributed by atoms with Crippen LogP contribution in [0.15, 0.2) is 4.34 Å². The van der Waals surface area contributed by atoms with Gasteiger partial charge in [0.25, 0.3) is 5.91 Å². The van der Waals surface area contributed by atoms with E-state index in [-0.39, 0.29) is 15.3 Å². The van der Waals surface area contributed by atoms with Gasteiger partial charge in [0.2, 0.25) is 19.2 Å². The van der Waals surface area contributed by atoms with Crippen molar-refractivity contribution in [1.29, 1.82) is 0 Å². The van der Waals surface area contributed by atoms with Gasteiger partial charge in [-0.05, 0) is 18.8 Å². The Bertz CT molecular complexity index is 547. The quantitative estimate of drug-likeness (QED) is 0.904. The van der Waals surface area contributed by atoms with Gasteiger partial charge in [-0.25, -0.2) is 8.42 Å². The molecule has 0 unspecified atom stereocenters. The van der Waals surface area contributed by atoms with E-state index in [0.717, 1.165) is 30.4 Å². The summed E-state index contributed by atoms with van der Waals surface area (Å²) in [5.41, 5.74) is 0. The fraction of sp³-hybridized carbons (Fsp3) is 0.727. The maximum absolute atomic E-state index is 11.8. The molecule has 1 aromatic rings. The average molecular weight is 303 g/mol. The standard InChI is InChI=1S/C11H17N3O3S2/c1-19(16,17)11-14-13-10(18-11)9(15)12-7-8-5-3-2-4-6-8/h8H,2-7H2,1H3,(H,12,15). The Morgan fingerprint density at radius 3 is 2.58 bits per heavy atom. The minimum atomic E-state index is -3.39. The van der Waals surface area contributed by atoms with Gasteiger partial charge in [-0.2, -0.15) is 0 Å². The lowest BCUT2D eigenvalue weighted by atomic mass is 9.89. The van der Waals surface area contributed by atoms with Gasteiger partial charge in [0, 0.05) is 12.8 Å². The summed E-state index contributed by atoms with van der Waals surface area (Å²) >= 11 is 0.812. The third kappa shape index (κ3) is 3.97. The van der Waals surface area contributed by atoms with Crippen LogP contribution in [0.25, 0.3) is 0 Å². The minimum absolute atomic E-state index is 0.108. The number of nitrogens with one attached hydrogen (secondary N) is 1. The zero-order chi connectivity index (χ0) is 13.9. The molecule has 6 nitrogen and oxygen atoms in total. The molecule has 8 heteroatoms. The van der Waals surface area contributed by atoms with Crippen molar-refractivity contribution in [2.24, 2.45) is 5.92 Å². The van der Waals surface area contributed by atoms with Crippen molar-refractivity contribution in [1.82, 2.24) is 15.5 Å². The van der Waals surface area contributed by atoms with Gasteiger partial charge < -0.3 is 5.32 Å². The highest BCUT2D eigenvalue weighted by Crippen LogP contribution is 2.23. The molecule has 1 fully saturated rings. The monoisotopic (exact) mass is 303 g/mol. The molecule has 19 heavy (non-hydrogen) atoms. The molecule has 1 aliphatic carbocycles. The van der Waals surface area contributed by atoms with Gasteiger partial charge in [-0.3, -0.25) is 4.79 Å². The van der Waals surface area contributed by atoms with Gasteiger partial charge in [-0.1, -0.05) is 30.6 Å². The van der Waals surface area contributed by atoms with Gasteiger partial charge in [-0.15, -0.1) is 10.2 Å². The van der Waals surface area contributed by atoms with E-state index in [4.69, 9.17) is 0 Å². The lowest BCUT2D eigenvalue weighted by Crippen LogP contribution is -2.30. The number of hydrogen-bond acceptors (Lipinski definition) is 6. The van der Waals surface area contributed by atoms with Crippen molar-refractivity contribution < 1.29 is 13.2 Å². The van der Waals surface area contributed by atoms with Crippen molar-refractivity contribution in [3.63, 3.8) is 0 Å². The predicted octanol–water partition coefficient (Wildman–Crippen LogP) is 1.25. The Balaban J connectivity index is 1.91. The van der Waals surface area contributed by atoms with E-state index in [9.17, 15) is 13.2 Å². The van der Waals surface area contributed by atoms with Crippen LogP contribution in [0.5, 0.6) is 0 Å². The van der Waals surface area contributed by atoms with E-state index in [0.29, 0.717) is 12.5 Å². The van der Waals surface area contributed by atoms with Crippen molar-refractivity contribution in [2.45, 2.75) is 36.4 Å². The maximum Gasteiger partial charge on any atom is 0.282 e. The Hall–Kier alpha value is -1.02. The van der Waals surface area contributed by atoms with E-state index in [2.05, 4.69) is 15.5 Å². The third-order valence-electron chi connectivity index (χ3n) is 3.19. The summed E-state index contributed by atoms with van der Waals surface area (Å²) < 4.78 is 22.4. The summed E-state index contributed by atoms with van der Waals surface area (Å²) in [7, 11) is -3.39. The molecule has 106 valence electrons. The molecule has 1 saturated carbocycles. The zero-order valence-corrected chi connectivity index (χ0v) is 12.4. The van der Waals surface area contributed by atoms with Gasteiger partial charge in [0.1, 0.15) is 0 Å². The van der Waals surface area contributed by atoms with Crippen LogP contribution < -0.4 is 5.32 Å². The Labute approximate surface area is 116 Å². The first-order valence-electron chi connectivity index (χ1n) is 6.28. The minimum Gasteiger partial charge on any atom is -0.350 e. The fourth-order valence-electron chi connectivity index (χ4n) is 2.16. The Morgan fingerprint density at radius 1 is 1.32 bits per heavy atom. The second-order valence-corrected chi connectivity index (χ2v) is 8.03. The topological polar surface area (TPSA) is 89.0 Å². The van der Waals surface area contributed by atoms with E-state index in [1.807, 2.05) is 0 Å². The molecular formula is C11H17N3O3S2. The number of carbonyl (C=O) groups excluding carboxylic acids is 1. The van der Waals surface area contributed by atoms with Crippen LogP contribution in [0.2, 0.25) is 0 Å². The number of hydrogen-bond donors (Lipinski definition) is 1. The van der Waals surface area contributed by atoms with E-state index in [1.165, 1.54) is 19.3 Å². The molecule has 0 spiro atoms. The van der Waals surface area contributed by atoms with Crippen LogP contribution in [0, 0.1) is 5.92 Å². The molecule has 1 N–H and O–H groups in total. The van der Waals surface area contributed by atoms with Crippen LogP contribution >= 0.6 is 11.3 Å². The highest BCUT2D eigenvalue weighted by Gasteiger charge is 2.20. The lowest BCUT2D eigenvalue weighted by molar-refractivity contribution is 0.0942. The molecule has 1 aromatic heterocycles. The summed E-state index contributed by atoms with van der Waals surface area (Å²) in [6, 6.07) is 0. The van der Waals surface area contributed by atoms with Crippen molar-refractivity contribution in [3.8, 4) is 0 Å². The van der Waals surface area contributed by atoms with Crippen molar-refractivity contribution in [3.05, 3.63) is 5.01 Å². The summed E-state index contributed by atoms with van der Waals surface area (Å²) in [6.45, 7) is 0.632. The Morgan fingerprint density at radius 2 is 2.00 bits per heavy atom. The second-order valence-electron chi connectivity index (χ2n) is 4.86.